The standard InChI is InChI=1S/C14H19N3O6S/c1-9-4-5-12(13(15-9)17(19)20)23-10(2)14(18)16(3)11-6-7-24(21,22)8-11/h4-5,10-11H,6-8H2,1-3H3/t10-,11-/m0/s1. The van der Waals surface area contributed by atoms with Gasteiger partial charge in [0.2, 0.25) is 5.75 Å². The maximum atomic E-state index is 12.4. The number of likely N-dealkylation sites (N-methyl/N-ethyl adjacent to an activating group) is 1. The zero-order valence-corrected chi connectivity index (χ0v) is 14.4. The molecule has 0 aromatic carbocycles. The largest absolute Gasteiger partial charge is 0.473 e. The van der Waals surface area contributed by atoms with Gasteiger partial charge in [0.15, 0.2) is 15.9 Å². The SMILES string of the molecule is Cc1ccc(O[C@@H](C)C(=O)N(C)[C@H]2CCS(=O)(=O)C2)c([N+](=O)[O-])n1. The molecule has 1 aliphatic rings. The van der Waals surface area contributed by atoms with Crippen LogP contribution in [0.3, 0.4) is 0 Å². The normalized spacial score (nSPS) is 20.4. The third kappa shape index (κ3) is 3.99. The number of hydrogen-bond donors (Lipinski definition) is 0. The van der Waals surface area contributed by atoms with Crippen LogP contribution in [0.2, 0.25) is 0 Å². The number of pyridine rings is 1. The lowest BCUT2D eigenvalue weighted by atomic mass is 10.2. The first-order valence-corrected chi connectivity index (χ1v) is 9.18. The topological polar surface area (TPSA) is 120 Å². The van der Waals surface area contributed by atoms with E-state index in [0.717, 1.165) is 0 Å². The Balaban J connectivity index is 2.11. The van der Waals surface area contributed by atoms with Crippen LogP contribution >= 0.6 is 0 Å². The van der Waals surface area contributed by atoms with E-state index in [4.69, 9.17) is 4.74 Å². The van der Waals surface area contributed by atoms with Gasteiger partial charge in [-0.2, -0.15) is 0 Å². The van der Waals surface area contributed by atoms with Gasteiger partial charge in [0.1, 0.15) is 5.69 Å². The van der Waals surface area contributed by atoms with E-state index in [1.54, 1.807) is 13.0 Å². The molecule has 0 radical (unpaired) electrons. The van der Waals surface area contributed by atoms with E-state index in [1.165, 1.54) is 24.9 Å². The Hall–Kier alpha value is -2.23. The van der Waals surface area contributed by atoms with Crippen molar-refractivity contribution in [2.24, 2.45) is 0 Å². The van der Waals surface area contributed by atoms with Crippen molar-refractivity contribution in [2.45, 2.75) is 32.4 Å². The minimum absolute atomic E-state index is 0.0535. The number of rotatable bonds is 5. The predicted molar refractivity (Wildman–Crippen MR) is 85.5 cm³/mol. The predicted octanol–water partition coefficient (Wildman–Crippen LogP) is 0.711. The van der Waals surface area contributed by atoms with Gasteiger partial charge in [0.05, 0.1) is 11.5 Å². The Kier molecular flexibility index (Phi) is 5.07. The number of aromatic nitrogens is 1. The smallest absolute Gasteiger partial charge is 0.406 e. The molecule has 1 aliphatic heterocycles. The van der Waals surface area contributed by atoms with Crippen LogP contribution in [0.1, 0.15) is 19.0 Å². The van der Waals surface area contributed by atoms with Gasteiger partial charge in [0, 0.05) is 20.0 Å². The van der Waals surface area contributed by atoms with Crippen molar-refractivity contribution >= 4 is 21.6 Å². The summed E-state index contributed by atoms with van der Waals surface area (Å²) in [5.74, 6) is -1.02. The summed E-state index contributed by atoms with van der Waals surface area (Å²) in [5, 5.41) is 11.0. The molecule has 2 heterocycles. The number of aryl methyl sites for hydroxylation is 1. The van der Waals surface area contributed by atoms with Crippen LogP contribution in [0.25, 0.3) is 0 Å². The van der Waals surface area contributed by atoms with Crippen molar-refractivity contribution in [3.63, 3.8) is 0 Å². The molecule has 9 nitrogen and oxygen atoms in total. The molecule has 2 rings (SSSR count). The van der Waals surface area contributed by atoms with Crippen molar-refractivity contribution in [2.75, 3.05) is 18.6 Å². The Morgan fingerprint density at radius 1 is 1.50 bits per heavy atom. The number of carbonyl (C=O) groups is 1. The van der Waals surface area contributed by atoms with Crippen LogP contribution in [0.4, 0.5) is 5.82 Å². The molecule has 1 saturated heterocycles. The second-order valence-electron chi connectivity index (χ2n) is 5.80. The van der Waals surface area contributed by atoms with Gasteiger partial charge in [-0.1, -0.05) is 0 Å². The highest BCUT2D eigenvalue weighted by atomic mass is 32.2. The first kappa shape index (κ1) is 18.1. The third-order valence-electron chi connectivity index (χ3n) is 3.91. The van der Waals surface area contributed by atoms with Crippen molar-refractivity contribution in [1.29, 1.82) is 0 Å². The number of carbonyl (C=O) groups excluding carboxylic acids is 1. The molecule has 0 N–H and O–H groups in total. The van der Waals surface area contributed by atoms with Gasteiger partial charge in [-0.3, -0.25) is 4.79 Å². The van der Waals surface area contributed by atoms with E-state index in [9.17, 15) is 23.3 Å². The molecule has 0 bridgehead atoms. The summed E-state index contributed by atoms with van der Waals surface area (Å²) in [6, 6.07) is 2.54. The van der Waals surface area contributed by atoms with Crippen molar-refractivity contribution in [3.05, 3.63) is 27.9 Å². The average Bonchev–Trinajstić information content (AvgIpc) is 2.87. The summed E-state index contributed by atoms with van der Waals surface area (Å²) < 4.78 is 28.5. The molecule has 0 spiro atoms. The highest BCUT2D eigenvalue weighted by Gasteiger charge is 2.35. The summed E-state index contributed by atoms with van der Waals surface area (Å²) in [5.41, 5.74) is 0.460. The molecule has 0 aliphatic carbocycles. The lowest BCUT2D eigenvalue weighted by molar-refractivity contribution is -0.390. The molecule has 1 aromatic heterocycles. The van der Waals surface area contributed by atoms with Crippen LogP contribution in [-0.4, -0.2) is 59.8 Å². The molecular weight excluding hydrogens is 338 g/mol. The van der Waals surface area contributed by atoms with Crippen LogP contribution in [0, 0.1) is 17.0 Å². The summed E-state index contributed by atoms with van der Waals surface area (Å²) >= 11 is 0. The van der Waals surface area contributed by atoms with Crippen LogP contribution in [-0.2, 0) is 14.6 Å². The number of ether oxygens (including phenoxy) is 1. The van der Waals surface area contributed by atoms with Crippen LogP contribution in [0.15, 0.2) is 12.1 Å². The van der Waals surface area contributed by atoms with Crippen molar-refractivity contribution < 1.29 is 22.9 Å². The summed E-state index contributed by atoms with van der Waals surface area (Å²) in [6.07, 6.45) is -0.620. The highest BCUT2D eigenvalue weighted by Crippen LogP contribution is 2.26. The zero-order chi connectivity index (χ0) is 18.1. The minimum atomic E-state index is -3.12. The summed E-state index contributed by atoms with van der Waals surface area (Å²) in [6.45, 7) is 3.07. The number of nitrogens with zero attached hydrogens (tertiary/aromatic N) is 3. The minimum Gasteiger partial charge on any atom is -0.473 e. The molecule has 0 unspecified atom stereocenters. The van der Waals surface area contributed by atoms with Gasteiger partial charge in [0.25, 0.3) is 5.91 Å². The molecule has 2 atom stereocenters. The fourth-order valence-electron chi connectivity index (χ4n) is 2.54. The van der Waals surface area contributed by atoms with E-state index < -0.39 is 38.6 Å². The fourth-order valence-corrected chi connectivity index (χ4v) is 4.32. The number of amides is 1. The van der Waals surface area contributed by atoms with Crippen molar-refractivity contribution in [1.82, 2.24) is 9.88 Å². The van der Waals surface area contributed by atoms with Gasteiger partial charge >= 0.3 is 5.82 Å². The number of sulfone groups is 1. The molecule has 132 valence electrons. The van der Waals surface area contributed by atoms with Crippen LogP contribution in [0.5, 0.6) is 5.75 Å². The molecular formula is C14H19N3O6S. The quantitative estimate of drug-likeness (QED) is 0.562. The average molecular weight is 357 g/mol. The van der Waals surface area contributed by atoms with E-state index in [-0.39, 0.29) is 17.3 Å². The van der Waals surface area contributed by atoms with Gasteiger partial charge in [-0.15, -0.1) is 0 Å². The Labute approximate surface area is 139 Å². The number of nitro groups is 1. The monoisotopic (exact) mass is 357 g/mol. The Morgan fingerprint density at radius 2 is 2.17 bits per heavy atom. The maximum absolute atomic E-state index is 12.4. The first-order chi connectivity index (χ1) is 11.1. The van der Waals surface area contributed by atoms with Gasteiger partial charge < -0.3 is 19.8 Å². The zero-order valence-electron chi connectivity index (χ0n) is 13.6. The van der Waals surface area contributed by atoms with Gasteiger partial charge in [-0.05, 0) is 35.4 Å². The van der Waals surface area contributed by atoms with Gasteiger partial charge in [-0.25, -0.2) is 8.42 Å². The molecule has 1 fully saturated rings. The molecule has 1 amide bonds. The summed E-state index contributed by atoms with van der Waals surface area (Å²) in [4.78, 5) is 27.9. The first-order valence-electron chi connectivity index (χ1n) is 7.36. The second kappa shape index (κ2) is 6.71. The molecule has 1 aromatic rings. The molecule has 24 heavy (non-hydrogen) atoms. The Morgan fingerprint density at radius 3 is 2.71 bits per heavy atom. The lowest BCUT2D eigenvalue weighted by Crippen LogP contribution is -2.44. The highest BCUT2D eigenvalue weighted by molar-refractivity contribution is 7.91. The lowest BCUT2D eigenvalue weighted by Gasteiger charge is -2.26. The maximum Gasteiger partial charge on any atom is 0.406 e. The summed E-state index contributed by atoms with van der Waals surface area (Å²) in [7, 11) is -1.61. The van der Waals surface area contributed by atoms with E-state index in [1.807, 2.05) is 0 Å². The molecule has 10 heteroatoms. The van der Waals surface area contributed by atoms with E-state index in [0.29, 0.717) is 12.1 Å². The van der Waals surface area contributed by atoms with Crippen LogP contribution < -0.4 is 4.74 Å². The second-order valence-corrected chi connectivity index (χ2v) is 8.03. The molecule has 0 saturated carbocycles. The number of hydrogen-bond acceptors (Lipinski definition) is 7. The van der Waals surface area contributed by atoms with Crippen molar-refractivity contribution in [3.8, 4) is 5.75 Å². The fraction of sp³-hybridized carbons (Fsp3) is 0.571. The van der Waals surface area contributed by atoms with E-state index >= 15 is 0 Å². The van der Waals surface area contributed by atoms with E-state index in [2.05, 4.69) is 4.98 Å². The Bertz CT molecular complexity index is 764. The third-order valence-corrected chi connectivity index (χ3v) is 5.66.